The molecule has 0 aliphatic carbocycles. The second-order valence-electron chi connectivity index (χ2n) is 3.81. The van der Waals surface area contributed by atoms with Crippen molar-refractivity contribution in [2.24, 2.45) is 0 Å². The van der Waals surface area contributed by atoms with Crippen LogP contribution >= 0.6 is 43.2 Å². The zero-order valence-corrected chi connectivity index (χ0v) is 13.4. The van der Waals surface area contributed by atoms with Gasteiger partial charge in [-0.05, 0) is 51.1 Å². The summed E-state index contributed by atoms with van der Waals surface area (Å²) < 4.78 is 39.2. The SMILES string of the molecule is FC(F)(F)c1cc(NCc2csc(Br)c2)ccc1Br. The Labute approximate surface area is 129 Å². The van der Waals surface area contributed by atoms with E-state index in [1.807, 2.05) is 11.4 Å². The second-order valence-corrected chi connectivity index (χ2v) is 6.95. The molecule has 0 spiro atoms. The van der Waals surface area contributed by atoms with Gasteiger partial charge < -0.3 is 5.32 Å². The predicted octanol–water partition coefficient (Wildman–Crippen LogP) is 5.90. The molecule has 0 saturated heterocycles. The van der Waals surface area contributed by atoms with E-state index < -0.39 is 11.7 Å². The van der Waals surface area contributed by atoms with Gasteiger partial charge in [-0.15, -0.1) is 11.3 Å². The van der Waals surface area contributed by atoms with Crippen molar-refractivity contribution in [3.8, 4) is 0 Å². The van der Waals surface area contributed by atoms with Crippen molar-refractivity contribution in [2.45, 2.75) is 12.7 Å². The fourth-order valence-corrected chi connectivity index (χ4v) is 3.18. The van der Waals surface area contributed by atoms with Crippen molar-refractivity contribution in [3.05, 3.63) is 49.0 Å². The van der Waals surface area contributed by atoms with Crippen LogP contribution in [-0.2, 0) is 12.7 Å². The number of rotatable bonds is 3. The Morgan fingerprint density at radius 3 is 2.47 bits per heavy atom. The van der Waals surface area contributed by atoms with Crippen LogP contribution in [0.1, 0.15) is 11.1 Å². The molecule has 1 N–H and O–H groups in total. The smallest absolute Gasteiger partial charge is 0.381 e. The molecule has 19 heavy (non-hydrogen) atoms. The van der Waals surface area contributed by atoms with Gasteiger partial charge in [0.1, 0.15) is 0 Å². The van der Waals surface area contributed by atoms with Crippen LogP contribution in [0.15, 0.2) is 37.9 Å². The number of hydrogen-bond acceptors (Lipinski definition) is 2. The van der Waals surface area contributed by atoms with Crippen LogP contribution in [0, 0.1) is 0 Å². The summed E-state index contributed by atoms with van der Waals surface area (Å²) in [5, 5.41) is 4.92. The molecule has 0 aliphatic rings. The van der Waals surface area contributed by atoms with Crippen LogP contribution < -0.4 is 5.32 Å². The molecule has 0 aliphatic heterocycles. The highest BCUT2D eigenvalue weighted by atomic mass is 79.9. The fourth-order valence-electron chi connectivity index (χ4n) is 1.50. The molecule has 0 unspecified atom stereocenters. The predicted molar refractivity (Wildman–Crippen MR) is 78.5 cm³/mol. The Bertz CT molecular complexity index is 581. The molecule has 0 saturated carbocycles. The van der Waals surface area contributed by atoms with Gasteiger partial charge in [0.15, 0.2) is 0 Å². The lowest BCUT2D eigenvalue weighted by Crippen LogP contribution is -2.07. The number of benzene rings is 1. The van der Waals surface area contributed by atoms with Crippen LogP contribution in [0.3, 0.4) is 0 Å². The van der Waals surface area contributed by atoms with Crippen molar-refractivity contribution in [3.63, 3.8) is 0 Å². The minimum absolute atomic E-state index is 0.0452. The molecule has 1 aromatic heterocycles. The maximum atomic E-state index is 12.7. The third-order valence-electron chi connectivity index (χ3n) is 2.39. The van der Waals surface area contributed by atoms with Gasteiger partial charge in [0, 0.05) is 16.7 Å². The third kappa shape index (κ3) is 3.97. The number of alkyl halides is 3. The summed E-state index contributed by atoms with van der Waals surface area (Å²) in [4.78, 5) is 0. The first-order valence-electron chi connectivity index (χ1n) is 5.20. The highest BCUT2D eigenvalue weighted by Gasteiger charge is 2.33. The third-order valence-corrected chi connectivity index (χ3v) is 4.63. The lowest BCUT2D eigenvalue weighted by Gasteiger charge is -2.12. The van der Waals surface area contributed by atoms with Crippen molar-refractivity contribution in [1.82, 2.24) is 0 Å². The minimum Gasteiger partial charge on any atom is -0.381 e. The largest absolute Gasteiger partial charge is 0.417 e. The summed E-state index contributed by atoms with van der Waals surface area (Å²) in [7, 11) is 0. The molecule has 2 aromatic rings. The molecule has 102 valence electrons. The molecule has 0 radical (unpaired) electrons. The van der Waals surface area contributed by atoms with Gasteiger partial charge >= 0.3 is 6.18 Å². The minimum atomic E-state index is -4.36. The molecule has 0 atom stereocenters. The Hall–Kier alpha value is -0.530. The molecular formula is C12H8Br2F3NS. The van der Waals surface area contributed by atoms with Crippen LogP contribution in [0.5, 0.6) is 0 Å². The van der Waals surface area contributed by atoms with Gasteiger partial charge in [-0.3, -0.25) is 0 Å². The van der Waals surface area contributed by atoms with E-state index in [2.05, 4.69) is 37.2 Å². The van der Waals surface area contributed by atoms with E-state index in [0.29, 0.717) is 12.2 Å². The van der Waals surface area contributed by atoms with E-state index in [0.717, 1.165) is 15.4 Å². The maximum Gasteiger partial charge on any atom is 0.417 e. The Balaban J connectivity index is 2.13. The molecule has 0 amide bonds. The molecular weight excluding hydrogens is 407 g/mol. The average Bonchev–Trinajstić information content (AvgIpc) is 2.72. The van der Waals surface area contributed by atoms with Crippen molar-refractivity contribution in [1.29, 1.82) is 0 Å². The van der Waals surface area contributed by atoms with E-state index in [1.54, 1.807) is 6.07 Å². The molecule has 0 bridgehead atoms. The normalized spacial score (nSPS) is 11.6. The second kappa shape index (κ2) is 5.85. The monoisotopic (exact) mass is 413 g/mol. The van der Waals surface area contributed by atoms with Gasteiger partial charge in [-0.25, -0.2) is 0 Å². The highest BCUT2D eigenvalue weighted by molar-refractivity contribution is 9.11. The van der Waals surface area contributed by atoms with Gasteiger partial charge in [0.2, 0.25) is 0 Å². The molecule has 0 fully saturated rings. The Morgan fingerprint density at radius 1 is 1.16 bits per heavy atom. The van der Waals surface area contributed by atoms with E-state index in [1.165, 1.54) is 17.4 Å². The first-order valence-corrected chi connectivity index (χ1v) is 7.66. The summed E-state index contributed by atoms with van der Waals surface area (Å²) in [6.45, 7) is 0.487. The first kappa shape index (κ1) is 14.9. The number of nitrogens with one attached hydrogen (secondary N) is 1. The molecule has 1 nitrogen and oxygen atoms in total. The number of thiophene rings is 1. The summed E-state index contributed by atoms with van der Waals surface area (Å²) in [5.41, 5.74) is 0.787. The molecule has 7 heteroatoms. The van der Waals surface area contributed by atoms with E-state index in [4.69, 9.17) is 0 Å². The topological polar surface area (TPSA) is 12.0 Å². The van der Waals surface area contributed by atoms with Gasteiger partial charge in [0.05, 0.1) is 9.35 Å². The number of hydrogen-bond donors (Lipinski definition) is 1. The molecule has 1 aromatic carbocycles. The quantitative estimate of drug-likeness (QED) is 0.658. The van der Waals surface area contributed by atoms with Crippen LogP contribution in [0.25, 0.3) is 0 Å². The fraction of sp³-hybridized carbons (Fsp3) is 0.167. The number of anilines is 1. The zero-order chi connectivity index (χ0) is 14.0. The summed E-state index contributed by atoms with van der Waals surface area (Å²) in [6, 6.07) is 6.04. The molecule has 1 heterocycles. The van der Waals surface area contributed by atoms with Gasteiger partial charge in [-0.1, -0.05) is 15.9 Å². The van der Waals surface area contributed by atoms with Crippen molar-refractivity contribution < 1.29 is 13.2 Å². The average molecular weight is 415 g/mol. The van der Waals surface area contributed by atoms with E-state index in [-0.39, 0.29) is 4.47 Å². The van der Waals surface area contributed by atoms with Crippen LogP contribution in [0.4, 0.5) is 18.9 Å². The standard InChI is InChI=1S/C12H8Br2F3NS/c13-10-2-1-8(4-9(10)12(15,16)17)18-5-7-3-11(14)19-6-7/h1-4,6,18H,5H2. The van der Waals surface area contributed by atoms with E-state index >= 15 is 0 Å². The summed E-state index contributed by atoms with van der Waals surface area (Å²) >= 11 is 7.79. The zero-order valence-electron chi connectivity index (χ0n) is 9.39. The van der Waals surface area contributed by atoms with Crippen molar-refractivity contribution >= 4 is 48.9 Å². The summed E-state index contributed by atoms with van der Waals surface area (Å²) in [5.74, 6) is 0. The summed E-state index contributed by atoms with van der Waals surface area (Å²) in [6.07, 6.45) is -4.36. The lowest BCUT2D eigenvalue weighted by molar-refractivity contribution is -0.138. The first-order chi connectivity index (χ1) is 8.86. The molecule has 2 rings (SSSR count). The van der Waals surface area contributed by atoms with Gasteiger partial charge in [0.25, 0.3) is 0 Å². The van der Waals surface area contributed by atoms with Gasteiger partial charge in [-0.2, -0.15) is 13.2 Å². The van der Waals surface area contributed by atoms with E-state index in [9.17, 15) is 13.2 Å². The van der Waals surface area contributed by atoms with Crippen molar-refractivity contribution in [2.75, 3.05) is 5.32 Å². The number of halogens is 5. The lowest BCUT2D eigenvalue weighted by atomic mass is 10.2. The Morgan fingerprint density at radius 2 is 1.89 bits per heavy atom. The maximum absolute atomic E-state index is 12.7. The van der Waals surface area contributed by atoms with Crippen LogP contribution in [0.2, 0.25) is 0 Å². The Kier molecular flexibility index (Phi) is 4.58. The van der Waals surface area contributed by atoms with Crippen LogP contribution in [-0.4, -0.2) is 0 Å². The highest BCUT2D eigenvalue weighted by Crippen LogP contribution is 2.36.